The molecule has 2 aliphatic carbocycles. The van der Waals surface area contributed by atoms with E-state index >= 15 is 0 Å². The molecule has 0 radical (unpaired) electrons. The first-order valence-corrected chi connectivity index (χ1v) is 12.4. The first-order chi connectivity index (χ1) is 15.4. The summed E-state index contributed by atoms with van der Waals surface area (Å²) in [4.78, 5) is 0. The third-order valence-electron chi connectivity index (χ3n) is 7.34. The van der Waals surface area contributed by atoms with Crippen LogP contribution in [0.1, 0.15) is 101 Å². The van der Waals surface area contributed by atoms with Gasteiger partial charge in [0.15, 0.2) is 0 Å². The molecule has 4 heteroatoms. The highest BCUT2D eigenvalue weighted by Crippen LogP contribution is 2.38. The Morgan fingerprint density at radius 1 is 0.969 bits per heavy atom. The third-order valence-corrected chi connectivity index (χ3v) is 7.34. The molecule has 0 nitrogen and oxygen atoms in total. The minimum Gasteiger partial charge on any atom is -0.206 e. The van der Waals surface area contributed by atoms with Crippen molar-refractivity contribution in [1.29, 1.82) is 0 Å². The highest BCUT2D eigenvalue weighted by molar-refractivity contribution is 5.29. The maximum Gasteiger partial charge on any atom is 0.419 e. The molecule has 0 amide bonds. The lowest BCUT2D eigenvalue weighted by Crippen LogP contribution is -2.14. The minimum absolute atomic E-state index is 0.118. The number of allylic oxidation sites excluding steroid dienone is 2. The van der Waals surface area contributed by atoms with Crippen molar-refractivity contribution >= 4 is 0 Å². The van der Waals surface area contributed by atoms with Crippen molar-refractivity contribution in [2.24, 2.45) is 17.8 Å². The van der Waals surface area contributed by atoms with Crippen molar-refractivity contribution in [2.45, 2.75) is 96.1 Å². The van der Waals surface area contributed by atoms with Crippen molar-refractivity contribution in [3.63, 3.8) is 0 Å². The number of unbranched alkanes of at least 4 members (excludes halogenated alkanes) is 2. The van der Waals surface area contributed by atoms with E-state index in [1.54, 1.807) is 0 Å². The SMILES string of the molecule is CCCCCC1CCC(/C=C/C#CC2CCC(c3ccc(C(F)(F)F)c(F)c3)CC2)CC1. The Hall–Kier alpha value is -1.76. The molecule has 0 aliphatic heterocycles. The summed E-state index contributed by atoms with van der Waals surface area (Å²) in [7, 11) is 0. The van der Waals surface area contributed by atoms with E-state index in [9.17, 15) is 17.6 Å². The van der Waals surface area contributed by atoms with Crippen LogP contribution in [0.5, 0.6) is 0 Å². The fourth-order valence-electron chi connectivity index (χ4n) is 5.29. The van der Waals surface area contributed by atoms with Gasteiger partial charge in [0.1, 0.15) is 5.82 Å². The quantitative estimate of drug-likeness (QED) is 0.231. The van der Waals surface area contributed by atoms with Crippen LogP contribution in [0.4, 0.5) is 17.6 Å². The first-order valence-electron chi connectivity index (χ1n) is 12.4. The van der Waals surface area contributed by atoms with E-state index in [1.165, 1.54) is 57.4 Å². The van der Waals surface area contributed by atoms with Gasteiger partial charge in [0.05, 0.1) is 5.56 Å². The van der Waals surface area contributed by atoms with Gasteiger partial charge in [0.2, 0.25) is 0 Å². The molecule has 32 heavy (non-hydrogen) atoms. The van der Waals surface area contributed by atoms with E-state index < -0.39 is 17.6 Å². The van der Waals surface area contributed by atoms with Crippen LogP contribution in [0.2, 0.25) is 0 Å². The summed E-state index contributed by atoms with van der Waals surface area (Å²) in [6.07, 6.45) is 13.9. The maximum atomic E-state index is 13.9. The number of hydrogen-bond acceptors (Lipinski definition) is 0. The van der Waals surface area contributed by atoms with Crippen LogP contribution in [0.15, 0.2) is 30.4 Å². The van der Waals surface area contributed by atoms with Gasteiger partial charge in [-0.05, 0) is 92.9 Å². The minimum atomic E-state index is -4.64. The molecule has 0 aromatic heterocycles. The molecule has 2 aliphatic rings. The predicted molar refractivity (Wildman–Crippen MR) is 123 cm³/mol. The number of benzene rings is 1. The molecule has 176 valence electrons. The molecule has 0 N–H and O–H groups in total. The largest absolute Gasteiger partial charge is 0.419 e. The van der Waals surface area contributed by atoms with E-state index in [0.717, 1.165) is 43.7 Å². The first kappa shape index (κ1) is 24.9. The standard InChI is InChI=1S/C28H36F4/c1-2-3-4-7-21-10-12-22(13-11-21)8-5-6-9-23-14-16-24(17-15-23)25-18-19-26(27(29)20-25)28(30,31)32/h5,8,18-24H,2-4,7,10-17H2,1H3/b8-5+. The molecule has 3 rings (SSSR count). The molecule has 2 fully saturated rings. The number of alkyl halides is 3. The molecule has 0 heterocycles. The average molecular weight is 449 g/mol. The molecule has 0 bridgehead atoms. The monoisotopic (exact) mass is 448 g/mol. The summed E-state index contributed by atoms with van der Waals surface area (Å²) in [5, 5.41) is 0. The lowest BCUT2D eigenvalue weighted by Gasteiger charge is -2.26. The maximum absolute atomic E-state index is 13.9. The lowest BCUT2D eigenvalue weighted by molar-refractivity contribution is -0.140. The highest BCUT2D eigenvalue weighted by Gasteiger charge is 2.34. The molecular weight excluding hydrogens is 412 g/mol. The molecule has 0 unspecified atom stereocenters. The fourth-order valence-corrected chi connectivity index (χ4v) is 5.29. The molecule has 2 saturated carbocycles. The van der Waals surface area contributed by atoms with E-state index in [4.69, 9.17) is 0 Å². The van der Waals surface area contributed by atoms with E-state index in [2.05, 4.69) is 24.8 Å². The van der Waals surface area contributed by atoms with Crippen molar-refractivity contribution in [3.8, 4) is 11.8 Å². The Balaban J connectivity index is 1.40. The molecule has 1 aromatic carbocycles. The summed E-state index contributed by atoms with van der Waals surface area (Å²) in [5.41, 5.74) is -0.510. The van der Waals surface area contributed by atoms with Gasteiger partial charge in [0, 0.05) is 5.92 Å². The van der Waals surface area contributed by atoms with Crippen molar-refractivity contribution < 1.29 is 17.6 Å². The van der Waals surface area contributed by atoms with Crippen molar-refractivity contribution in [1.82, 2.24) is 0 Å². The van der Waals surface area contributed by atoms with Crippen LogP contribution in [0.3, 0.4) is 0 Å². The van der Waals surface area contributed by atoms with Gasteiger partial charge in [-0.3, -0.25) is 0 Å². The van der Waals surface area contributed by atoms with E-state index in [1.807, 2.05) is 6.08 Å². The molecule has 0 atom stereocenters. The molecule has 0 spiro atoms. The van der Waals surface area contributed by atoms with Crippen molar-refractivity contribution in [3.05, 3.63) is 47.3 Å². The van der Waals surface area contributed by atoms with Gasteiger partial charge in [-0.15, -0.1) is 0 Å². The summed E-state index contributed by atoms with van der Waals surface area (Å²) in [6, 6.07) is 3.38. The third kappa shape index (κ3) is 7.39. The number of rotatable bonds is 6. The fraction of sp³-hybridized carbons (Fsp3) is 0.643. The second-order valence-corrected chi connectivity index (χ2v) is 9.71. The van der Waals surface area contributed by atoms with Crippen LogP contribution in [-0.4, -0.2) is 0 Å². The van der Waals surface area contributed by atoms with Gasteiger partial charge in [-0.1, -0.05) is 56.6 Å². The smallest absolute Gasteiger partial charge is 0.206 e. The molecule has 1 aromatic rings. The van der Waals surface area contributed by atoms with E-state index in [-0.39, 0.29) is 5.92 Å². The van der Waals surface area contributed by atoms with Crippen LogP contribution in [-0.2, 0) is 6.18 Å². The van der Waals surface area contributed by atoms with E-state index in [0.29, 0.717) is 17.4 Å². The Morgan fingerprint density at radius 2 is 1.69 bits per heavy atom. The zero-order valence-electron chi connectivity index (χ0n) is 19.2. The normalized spacial score (nSPS) is 26.7. The van der Waals surface area contributed by atoms with Crippen LogP contribution >= 0.6 is 0 Å². The van der Waals surface area contributed by atoms with Crippen molar-refractivity contribution in [2.75, 3.05) is 0 Å². The van der Waals surface area contributed by atoms with Crippen LogP contribution < -0.4 is 0 Å². The lowest BCUT2D eigenvalue weighted by atomic mass is 9.78. The van der Waals surface area contributed by atoms with Gasteiger partial charge < -0.3 is 0 Å². The van der Waals surface area contributed by atoms with Gasteiger partial charge in [0.25, 0.3) is 0 Å². The van der Waals surface area contributed by atoms with Crippen LogP contribution in [0, 0.1) is 35.4 Å². The zero-order valence-corrected chi connectivity index (χ0v) is 19.2. The topological polar surface area (TPSA) is 0 Å². The summed E-state index contributed by atoms with van der Waals surface area (Å²) >= 11 is 0. The Labute approximate surface area is 190 Å². The number of hydrogen-bond donors (Lipinski definition) is 0. The predicted octanol–water partition coefficient (Wildman–Crippen LogP) is 9.06. The van der Waals surface area contributed by atoms with Crippen LogP contribution in [0.25, 0.3) is 0 Å². The Bertz CT molecular complexity index is 795. The van der Waals surface area contributed by atoms with Gasteiger partial charge >= 0.3 is 6.18 Å². The Morgan fingerprint density at radius 3 is 2.31 bits per heavy atom. The highest BCUT2D eigenvalue weighted by atomic mass is 19.4. The zero-order chi connectivity index (χ0) is 23.0. The summed E-state index contributed by atoms with van der Waals surface area (Å²) in [5.74, 6) is 7.44. The number of halogens is 4. The second kappa shape index (κ2) is 11.9. The molecular formula is C28H36F4. The Kier molecular flexibility index (Phi) is 9.26. The van der Waals surface area contributed by atoms with Gasteiger partial charge in [-0.2, -0.15) is 13.2 Å². The van der Waals surface area contributed by atoms with Gasteiger partial charge in [-0.25, -0.2) is 4.39 Å². The second-order valence-electron chi connectivity index (χ2n) is 9.71. The summed E-state index contributed by atoms with van der Waals surface area (Å²) in [6.45, 7) is 2.26. The summed E-state index contributed by atoms with van der Waals surface area (Å²) < 4.78 is 52.1. The average Bonchev–Trinajstić information content (AvgIpc) is 2.77. The molecule has 0 saturated heterocycles.